The number of nitrogens with one attached hydrogen (secondary N) is 1. The van der Waals surface area contributed by atoms with Crippen LogP contribution in [0.1, 0.15) is 37.1 Å². The Hall–Kier alpha value is -1.33. The Labute approximate surface area is 94.6 Å². The molecule has 90 valence electrons. The second kappa shape index (κ2) is 4.67. The quantitative estimate of drug-likeness (QED) is 0.702. The maximum Gasteiger partial charge on any atom is 0.287 e. The molecule has 1 amide bonds. The summed E-state index contributed by atoms with van der Waals surface area (Å²) in [5, 5.41) is 12.1. The zero-order valence-corrected chi connectivity index (χ0v) is 9.78. The molecular formula is C11H18N2O3. The van der Waals surface area contributed by atoms with Gasteiger partial charge in [-0.25, -0.2) is 0 Å². The third-order valence-corrected chi connectivity index (χ3v) is 2.57. The number of hydrogen-bond donors (Lipinski definition) is 3. The minimum absolute atomic E-state index is 0.203. The zero-order chi connectivity index (χ0) is 12.3. The van der Waals surface area contributed by atoms with Gasteiger partial charge in [-0.3, -0.25) is 4.79 Å². The number of aliphatic hydroxyl groups is 1. The van der Waals surface area contributed by atoms with Gasteiger partial charge in [-0.05, 0) is 32.9 Å². The van der Waals surface area contributed by atoms with Crippen molar-refractivity contribution in [3.63, 3.8) is 0 Å². The fourth-order valence-corrected chi connectivity index (χ4v) is 1.07. The number of aliphatic hydroxyl groups excluding tert-OH is 1. The maximum absolute atomic E-state index is 11.7. The summed E-state index contributed by atoms with van der Waals surface area (Å²) in [6, 6.07) is 3.22. The molecule has 5 heteroatoms. The van der Waals surface area contributed by atoms with Crippen molar-refractivity contribution >= 4 is 5.91 Å². The van der Waals surface area contributed by atoms with Crippen LogP contribution in [0.2, 0.25) is 0 Å². The molecule has 1 heterocycles. The lowest BCUT2D eigenvalue weighted by Gasteiger charge is -2.28. The van der Waals surface area contributed by atoms with Crippen LogP contribution in [0.25, 0.3) is 0 Å². The fourth-order valence-electron chi connectivity index (χ4n) is 1.07. The van der Waals surface area contributed by atoms with Gasteiger partial charge in [0.05, 0.1) is 18.2 Å². The summed E-state index contributed by atoms with van der Waals surface area (Å²) >= 11 is 0. The number of furan rings is 1. The molecule has 0 saturated heterocycles. The monoisotopic (exact) mass is 226 g/mol. The highest BCUT2D eigenvalue weighted by atomic mass is 16.4. The first-order valence-corrected chi connectivity index (χ1v) is 5.16. The molecular weight excluding hydrogens is 208 g/mol. The number of nitrogens with two attached hydrogens (primary N) is 1. The maximum atomic E-state index is 11.7. The molecule has 0 spiro atoms. The number of hydrogen-bond acceptors (Lipinski definition) is 4. The summed E-state index contributed by atoms with van der Waals surface area (Å²) in [5.74, 6) is 0.403. The molecule has 1 atom stereocenters. The first-order chi connectivity index (χ1) is 7.36. The van der Waals surface area contributed by atoms with Crippen LogP contribution >= 0.6 is 0 Å². The Kier molecular flexibility index (Phi) is 3.72. The highest BCUT2D eigenvalue weighted by Gasteiger charge is 2.27. The van der Waals surface area contributed by atoms with Crippen molar-refractivity contribution in [1.82, 2.24) is 5.32 Å². The summed E-state index contributed by atoms with van der Waals surface area (Å²) in [6.07, 6.45) is -0.652. The van der Waals surface area contributed by atoms with Crippen molar-refractivity contribution in [1.29, 1.82) is 0 Å². The van der Waals surface area contributed by atoms with Gasteiger partial charge in [0.25, 0.3) is 5.91 Å². The molecule has 0 fully saturated rings. The van der Waals surface area contributed by atoms with Crippen LogP contribution in [-0.2, 0) is 6.54 Å². The van der Waals surface area contributed by atoms with E-state index >= 15 is 0 Å². The molecule has 0 radical (unpaired) electrons. The molecule has 16 heavy (non-hydrogen) atoms. The van der Waals surface area contributed by atoms with Crippen LogP contribution < -0.4 is 11.1 Å². The van der Waals surface area contributed by atoms with Gasteiger partial charge in [0.1, 0.15) is 5.76 Å². The molecule has 1 unspecified atom stereocenters. The average molecular weight is 226 g/mol. The Morgan fingerprint density at radius 3 is 2.69 bits per heavy atom. The molecule has 1 aromatic heterocycles. The van der Waals surface area contributed by atoms with Crippen LogP contribution in [0.5, 0.6) is 0 Å². The first kappa shape index (κ1) is 12.7. The van der Waals surface area contributed by atoms with Crippen LogP contribution in [0.3, 0.4) is 0 Å². The Balaban J connectivity index is 2.72. The average Bonchev–Trinajstić information content (AvgIpc) is 2.64. The lowest BCUT2D eigenvalue weighted by molar-refractivity contribution is 0.0686. The summed E-state index contributed by atoms with van der Waals surface area (Å²) in [6.45, 7) is 5.35. The van der Waals surface area contributed by atoms with Gasteiger partial charge in [0, 0.05) is 0 Å². The predicted octanol–water partition coefficient (Wildman–Crippen LogP) is 0.627. The van der Waals surface area contributed by atoms with E-state index in [0.717, 1.165) is 0 Å². The van der Waals surface area contributed by atoms with Crippen LogP contribution in [0.15, 0.2) is 16.5 Å². The van der Waals surface area contributed by atoms with Gasteiger partial charge in [-0.2, -0.15) is 0 Å². The smallest absolute Gasteiger partial charge is 0.287 e. The van der Waals surface area contributed by atoms with E-state index in [1.54, 1.807) is 32.9 Å². The predicted molar refractivity (Wildman–Crippen MR) is 59.8 cm³/mol. The fraction of sp³-hybridized carbons (Fsp3) is 0.545. The van der Waals surface area contributed by atoms with Crippen molar-refractivity contribution in [3.05, 3.63) is 23.7 Å². The van der Waals surface area contributed by atoms with Crippen LogP contribution in [0.4, 0.5) is 0 Å². The molecule has 4 N–H and O–H groups in total. The van der Waals surface area contributed by atoms with Crippen LogP contribution in [-0.4, -0.2) is 22.7 Å². The molecule has 0 aliphatic rings. The van der Waals surface area contributed by atoms with Crippen LogP contribution in [0, 0.1) is 0 Å². The standard InChI is InChI=1S/C11H18N2O3/c1-7(14)11(2,3)13-10(15)9-5-4-8(6-12)16-9/h4-5,7,14H,6,12H2,1-3H3,(H,13,15). The van der Waals surface area contributed by atoms with Gasteiger partial charge in [0.15, 0.2) is 5.76 Å². The van der Waals surface area contributed by atoms with Crippen molar-refractivity contribution in [2.24, 2.45) is 5.73 Å². The van der Waals surface area contributed by atoms with Gasteiger partial charge in [-0.1, -0.05) is 0 Å². The third kappa shape index (κ3) is 2.84. The number of carbonyl (C=O) groups is 1. The molecule has 0 aliphatic heterocycles. The van der Waals surface area contributed by atoms with Crippen molar-refractivity contribution < 1.29 is 14.3 Å². The second-order valence-corrected chi connectivity index (χ2v) is 4.32. The minimum Gasteiger partial charge on any atom is -0.455 e. The zero-order valence-electron chi connectivity index (χ0n) is 9.78. The van der Waals surface area contributed by atoms with E-state index in [-0.39, 0.29) is 18.2 Å². The van der Waals surface area contributed by atoms with E-state index in [1.165, 1.54) is 0 Å². The van der Waals surface area contributed by atoms with Gasteiger partial charge >= 0.3 is 0 Å². The number of rotatable bonds is 4. The largest absolute Gasteiger partial charge is 0.455 e. The van der Waals surface area contributed by atoms with E-state index < -0.39 is 11.6 Å². The SMILES string of the molecule is CC(O)C(C)(C)NC(=O)c1ccc(CN)o1. The highest BCUT2D eigenvalue weighted by molar-refractivity contribution is 5.92. The molecule has 5 nitrogen and oxygen atoms in total. The molecule has 0 saturated carbocycles. The molecule has 1 rings (SSSR count). The Morgan fingerprint density at radius 1 is 1.62 bits per heavy atom. The van der Waals surface area contributed by atoms with Crippen molar-refractivity contribution in [2.45, 2.75) is 39.0 Å². The topological polar surface area (TPSA) is 88.5 Å². The Bertz CT molecular complexity index is 369. The van der Waals surface area contributed by atoms with Gasteiger partial charge in [0.2, 0.25) is 0 Å². The first-order valence-electron chi connectivity index (χ1n) is 5.16. The molecule has 0 bridgehead atoms. The van der Waals surface area contributed by atoms with E-state index in [0.29, 0.717) is 5.76 Å². The van der Waals surface area contributed by atoms with E-state index in [4.69, 9.17) is 10.2 Å². The summed E-state index contributed by atoms with van der Waals surface area (Å²) in [5.41, 5.74) is 4.67. The van der Waals surface area contributed by atoms with Crippen molar-refractivity contribution in [2.75, 3.05) is 0 Å². The van der Waals surface area contributed by atoms with E-state index in [2.05, 4.69) is 5.32 Å². The summed E-state index contributed by atoms with van der Waals surface area (Å²) < 4.78 is 5.20. The lowest BCUT2D eigenvalue weighted by Crippen LogP contribution is -2.50. The van der Waals surface area contributed by atoms with E-state index in [1.807, 2.05) is 0 Å². The van der Waals surface area contributed by atoms with Gasteiger partial charge in [-0.15, -0.1) is 0 Å². The summed E-state index contributed by atoms with van der Waals surface area (Å²) in [4.78, 5) is 11.7. The number of amides is 1. The minimum atomic E-state index is -0.702. The third-order valence-electron chi connectivity index (χ3n) is 2.57. The highest BCUT2D eigenvalue weighted by Crippen LogP contribution is 2.12. The second-order valence-electron chi connectivity index (χ2n) is 4.32. The van der Waals surface area contributed by atoms with Gasteiger partial charge < -0.3 is 20.6 Å². The molecule has 0 aliphatic carbocycles. The lowest BCUT2D eigenvalue weighted by atomic mass is 9.99. The summed E-state index contributed by atoms with van der Waals surface area (Å²) in [7, 11) is 0. The van der Waals surface area contributed by atoms with E-state index in [9.17, 15) is 9.90 Å². The van der Waals surface area contributed by atoms with Crippen molar-refractivity contribution in [3.8, 4) is 0 Å². The molecule has 0 aromatic carbocycles. The molecule has 1 aromatic rings. The number of carbonyl (C=O) groups excluding carboxylic acids is 1. The Morgan fingerprint density at radius 2 is 2.25 bits per heavy atom. The normalized spacial score (nSPS) is 13.6.